The second kappa shape index (κ2) is 21.8. The largest absolute Gasteiger partial charge is 0.460 e. The van der Waals surface area contributed by atoms with Crippen molar-refractivity contribution in [1.82, 2.24) is 35.1 Å². The maximum Gasteiger partial charge on any atom is 0.413 e. The lowest BCUT2D eigenvalue weighted by Gasteiger charge is -2.31. The number of amides is 4. The number of fused-ring (bicyclic) bond motifs is 1. The minimum atomic E-state index is -1.09. The Hall–Kier alpha value is -6.23. The first kappa shape index (κ1) is 43.5. The van der Waals surface area contributed by atoms with E-state index in [1.54, 1.807) is 45.0 Å². The summed E-state index contributed by atoms with van der Waals surface area (Å²) >= 11 is 5.91. The number of rotatable bonds is 19. The van der Waals surface area contributed by atoms with E-state index in [1.165, 1.54) is 28.2 Å². The molecule has 0 bridgehead atoms. The third-order valence-electron chi connectivity index (χ3n) is 7.93. The van der Waals surface area contributed by atoms with Crippen molar-refractivity contribution in [3.8, 4) is 0 Å². The number of hydrogen-bond acceptors (Lipinski definition) is 12. The Balaban J connectivity index is 1.44. The van der Waals surface area contributed by atoms with Gasteiger partial charge in [-0.15, -0.1) is 0 Å². The first-order chi connectivity index (χ1) is 27.3. The predicted octanol–water partition coefficient (Wildman–Crippen LogP) is 5.78. The van der Waals surface area contributed by atoms with E-state index in [1.807, 2.05) is 30.3 Å². The van der Waals surface area contributed by atoms with Crippen LogP contribution in [-0.4, -0.2) is 92.5 Å². The molecular formula is C39H47ClN8O9. The Morgan fingerprint density at radius 2 is 1.54 bits per heavy atom. The standard InChI is InChI=1S/C39H47ClN8O9/c1-5-21-54-35(50)30(13-9-10-18-41-36(51)55-24-28-14-16-29(40)17-15-28)48(20-19-42-37(52)57-39(2,3)4)31(49)22-47-26-45-32-33(43-25-44-34(32)47)46-38(53)56-23-27-11-7-6-8-12-27/h5-8,11-12,14-17,25-26,30H,1,9-10,13,18-24H2,2-4H3,(H,41,51)(H,42,52)(H,43,44,46,53)/t30-/m1/s1. The zero-order chi connectivity index (χ0) is 41.2. The highest BCUT2D eigenvalue weighted by Gasteiger charge is 2.31. The van der Waals surface area contributed by atoms with Gasteiger partial charge in [-0.3, -0.25) is 10.1 Å². The zero-order valence-electron chi connectivity index (χ0n) is 32.1. The molecule has 4 rings (SSSR count). The number of alkyl carbamates (subject to hydrolysis) is 2. The molecule has 0 aliphatic heterocycles. The summed E-state index contributed by atoms with van der Waals surface area (Å²) in [6.45, 7) is 8.52. The Morgan fingerprint density at radius 3 is 2.25 bits per heavy atom. The first-order valence-corrected chi connectivity index (χ1v) is 18.5. The molecule has 0 saturated carbocycles. The highest BCUT2D eigenvalue weighted by atomic mass is 35.5. The number of nitrogens with zero attached hydrogens (tertiary/aromatic N) is 5. The molecule has 0 spiro atoms. The molecule has 0 aliphatic carbocycles. The Kier molecular flexibility index (Phi) is 16.6. The van der Waals surface area contributed by atoms with Gasteiger partial charge in [-0.1, -0.05) is 66.7 Å². The number of aromatic nitrogens is 4. The van der Waals surface area contributed by atoms with Crippen molar-refractivity contribution < 1.29 is 42.9 Å². The van der Waals surface area contributed by atoms with E-state index in [2.05, 4.69) is 37.5 Å². The number of ether oxygens (including phenoxy) is 4. The number of benzene rings is 2. The van der Waals surface area contributed by atoms with E-state index in [4.69, 9.17) is 30.5 Å². The molecule has 2 heterocycles. The number of imidazole rings is 1. The van der Waals surface area contributed by atoms with Gasteiger partial charge in [-0.05, 0) is 63.3 Å². The lowest BCUT2D eigenvalue weighted by molar-refractivity contribution is -0.154. The van der Waals surface area contributed by atoms with Crippen LogP contribution in [0.5, 0.6) is 0 Å². The molecule has 57 heavy (non-hydrogen) atoms. The molecule has 0 saturated heterocycles. The van der Waals surface area contributed by atoms with Crippen LogP contribution in [0.3, 0.4) is 0 Å². The molecule has 4 aromatic rings. The quantitative estimate of drug-likeness (QED) is 0.0447. The second-order valence-corrected chi connectivity index (χ2v) is 14.0. The predicted molar refractivity (Wildman–Crippen MR) is 210 cm³/mol. The molecule has 0 aliphatic rings. The highest BCUT2D eigenvalue weighted by molar-refractivity contribution is 6.30. The summed E-state index contributed by atoms with van der Waals surface area (Å²) in [5.74, 6) is -1.15. The van der Waals surface area contributed by atoms with Crippen LogP contribution in [0.2, 0.25) is 5.02 Å². The fourth-order valence-electron chi connectivity index (χ4n) is 5.30. The van der Waals surface area contributed by atoms with Crippen LogP contribution in [0.1, 0.15) is 51.2 Å². The number of nitrogens with one attached hydrogen (secondary N) is 3. The molecule has 4 amide bonds. The number of halogens is 1. The number of carbonyl (C=O) groups excluding carboxylic acids is 5. The van der Waals surface area contributed by atoms with E-state index >= 15 is 0 Å². The van der Waals surface area contributed by atoms with Crippen LogP contribution < -0.4 is 16.0 Å². The average Bonchev–Trinajstić information content (AvgIpc) is 3.59. The van der Waals surface area contributed by atoms with Crippen LogP contribution in [0.15, 0.2) is 79.9 Å². The molecule has 304 valence electrons. The summed E-state index contributed by atoms with van der Waals surface area (Å²) in [5, 5.41) is 8.45. The minimum Gasteiger partial charge on any atom is -0.460 e. The first-order valence-electron chi connectivity index (χ1n) is 18.2. The van der Waals surface area contributed by atoms with Gasteiger partial charge in [0.1, 0.15) is 44.3 Å². The minimum absolute atomic E-state index is 0.0348. The Bertz CT molecular complexity index is 1970. The summed E-state index contributed by atoms with van der Waals surface area (Å²) in [6, 6.07) is 15.0. The highest BCUT2D eigenvalue weighted by Crippen LogP contribution is 2.20. The fraction of sp³-hybridized carbons (Fsp3) is 0.385. The summed E-state index contributed by atoms with van der Waals surface area (Å²) in [5.41, 5.74) is 1.23. The van der Waals surface area contributed by atoms with Crippen molar-refractivity contribution in [2.45, 2.75) is 71.4 Å². The maximum absolute atomic E-state index is 14.1. The normalized spacial score (nSPS) is 11.5. The van der Waals surface area contributed by atoms with Gasteiger partial charge >= 0.3 is 24.2 Å². The summed E-state index contributed by atoms with van der Waals surface area (Å²) in [6.07, 6.45) is 2.88. The molecule has 0 radical (unpaired) electrons. The van der Waals surface area contributed by atoms with Gasteiger partial charge in [-0.25, -0.2) is 34.1 Å². The molecular weight excluding hydrogens is 760 g/mol. The fourth-order valence-corrected chi connectivity index (χ4v) is 5.43. The van der Waals surface area contributed by atoms with Gasteiger partial charge in [0.25, 0.3) is 0 Å². The van der Waals surface area contributed by atoms with Crippen molar-refractivity contribution in [2.75, 3.05) is 31.6 Å². The van der Waals surface area contributed by atoms with E-state index < -0.39 is 41.8 Å². The molecule has 17 nitrogen and oxygen atoms in total. The molecule has 18 heteroatoms. The third-order valence-corrected chi connectivity index (χ3v) is 8.18. The SMILES string of the molecule is C=CCOC(=O)[C@@H](CCCCNC(=O)OCc1ccc(Cl)cc1)N(CCNC(=O)OC(C)(C)C)C(=O)Cn1cnc2c(NC(=O)OCc3ccccc3)ncnc21. The molecule has 3 N–H and O–H groups in total. The molecule has 2 aromatic carbocycles. The van der Waals surface area contributed by atoms with Gasteiger partial charge in [0, 0.05) is 24.7 Å². The van der Waals surface area contributed by atoms with Gasteiger partial charge in [0.15, 0.2) is 17.0 Å². The molecule has 0 fully saturated rings. The number of carbonyl (C=O) groups is 5. The summed E-state index contributed by atoms with van der Waals surface area (Å²) in [4.78, 5) is 79.0. The number of anilines is 1. The van der Waals surface area contributed by atoms with Crippen molar-refractivity contribution in [1.29, 1.82) is 0 Å². The van der Waals surface area contributed by atoms with Crippen LogP contribution in [0.4, 0.5) is 20.2 Å². The lowest BCUT2D eigenvalue weighted by Crippen LogP contribution is -2.50. The number of esters is 1. The van der Waals surface area contributed by atoms with Crippen LogP contribution in [0.25, 0.3) is 11.2 Å². The lowest BCUT2D eigenvalue weighted by atomic mass is 10.1. The van der Waals surface area contributed by atoms with Crippen molar-refractivity contribution in [3.05, 3.63) is 96.1 Å². The Labute approximate surface area is 335 Å². The van der Waals surface area contributed by atoms with Gasteiger partial charge in [0.2, 0.25) is 5.91 Å². The topological polar surface area (TPSA) is 205 Å². The molecule has 0 unspecified atom stereocenters. The third kappa shape index (κ3) is 14.7. The van der Waals surface area contributed by atoms with Crippen LogP contribution in [-0.2, 0) is 48.3 Å². The maximum atomic E-state index is 14.1. The summed E-state index contributed by atoms with van der Waals surface area (Å²) in [7, 11) is 0. The average molecular weight is 807 g/mol. The van der Waals surface area contributed by atoms with Crippen molar-refractivity contribution >= 4 is 58.7 Å². The molecule has 1 atom stereocenters. The summed E-state index contributed by atoms with van der Waals surface area (Å²) < 4.78 is 22.8. The smallest absolute Gasteiger partial charge is 0.413 e. The van der Waals surface area contributed by atoms with Crippen LogP contribution in [0, 0.1) is 0 Å². The van der Waals surface area contributed by atoms with Gasteiger partial charge in [0.05, 0.1) is 6.33 Å². The second-order valence-electron chi connectivity index (χ2n) is 13.5. The van der Waals surface area contributed by atoms with Gasteiger partial charge < -0.3 is 39.0 Å². The number of unbranched alkanes of at least 4 members (excludes halogenated alkanes) is 1. The monoisotopic (exact) mass is 806 g/mol. The van der Waals surface area contributed by atoms with Gasteiger partial charge in [-0.2, -0.15) is 0 Å². The zero-order valence-corrected chi connectivity index (χ0v) is 32.8. The van der Waals surface area contributed by atoms with E-state index in [-0.39, 0.29) is 69.4 Å². The van der Waals surface area contributed by atoms with Crippen LogP contribution >= 0.6 is 11.6 Å². The van der Waals surface area contributed by atoms with E-state index in [0.717, 1.165) is 11.1 Å². The van der Waals surface area contributed by atoms with Crippen molar-refractivity contribution in [3.63, 3.8) is 0 Å². The van der Waals surface area contributed by atoms with Crippen molar-refractivity contribution in [2.24, 2.45) is 0 Å². The van der Waals surface area contributed by atoms with E-state index in [9.17, 15) is 24.0 Å². The van der Waals surface area contributed by atoms with E-state index in [0.29, 0.717) is 17.9 Å². The number of hydrogen-bond donors (Lipinski definition) is 3. The Morgan fingerprint density at radius 1 is 0.860 bits per heavy atom. The molecule has 2 aromatic heterocycles.